The van der Waals surface area contributed by atoms with Crippen molar-refractivity contribution in [1.82, 2.24) is 14.9 Å². The zero-order chi connectivity index (χ0) is 19.6. The summed E-state index contributed by atoms with van der Waals surface area (Å²) in [4.78, 5) is 10.5. The fourth-order valence-corrected chi connectivity index (χ4v) is 4.06. The van der Waals surface area contributed by atoms with Crippen LogP contribution in [-0.2, 0) is 5.60 Å². The van der Waals surface area contributed by atoms with Crippen LogP contribution in [0.3, 0.4) is 0 Å². The van der Waals surface area contributed by atoms with Gasteiger partial charge in [0, 0.05) is 35.9 Å². The Morgan fingerprint density at radius 1 is 0.893 bits per heavy atom. The predicted molar refractivity (Wildman–Crippen MR) is 101 cm³/mol. The molecule has 0 amide bonds. The molecule has 2 aromatic heterocycles. The van der Waals surface area contributed by atoms with Gasteiger partial charge in [0.2, 0.25) is 0 Å². The first-order valence-electron chi connectivity index (χ1n) is 9.33. The number of likely N-dealkylation sites (tertiary alicyclic amines) is 1. The number of nitrogens with zero attached hydrogens (tertiary/aromatic N) is 3. The summed E-state index contributed by atoms with van der Waals surface area (Å²) in [5.41, 5.74) is 0.127. The van der Waals surface area contributed by atoms with Gasteiger partial charge < -0.3 is 5.11 Å². The zero-order valence-electron chi connectivity index (χ0n) is 15.3. The molecule has 0 saturated carbocycles. The van der Waals surface area contributed by atoms with Crippen molar-refractivity contribution in [1.29, 1.82) is 0 Å². The fraction of sp³-hybridized carbons (Fsp3) is 0.273. The molecule has 1 aliphatic rings. The van der Waals surface area contributed by atoms with Crippen molar-refractivity contribution in [3.63, 3.8) is 0 Å². The molecule has 4 nitrogen and oxygen atoms in total. The third-order valence-electron chi connectivity index (χ3n) is 5.36. The molecule has 6 heteroatoms. The summed E-state index contributed by atoms with van der Waals surface area (Å²) in [6.45, 7) is 1.51. The number of pyridine rings is 2. The molecule has 3 heterocycles. The SMILES string of the molecule is OC(c1cccnc1)(c1cccnc1)C(c1ccc(F)c(F)c1)N1CCCC1. The summed E-state index contributed by atoms with van der Waals surface area (Å²) in [6.07, 6.45) is 8.45. The first kappa shape index (κ1) is 18.7. The smallest absolute Gasteiger partial charge is 0.159 e. The highest BCUT2D eigenvalue weighted by Gasteiger charge is 2.45. The predicted octanol–water partition coefficient (Wildman–Crippen LogP) is 3.83. The average Bonchev–Trinajstić information content (AvgIpc) is 3.26. The number of halogens is 2. The van der Waals surface area contributed by atoms with Gasteiger partial charge in [-0.1, -0.05) is 18.2 Å². The molecular weight excluding hydrogens is 360 g/mol. The summed E-state index contributed by atoms with van der Waals surface area (Å²) < 4.78 is 27.7. The Kier molecular flexibility index (Phi) is 5.15. The van der Waals surface area contributed by atoms with Crippen molar-refractivity contribution in [2.75, 3.05) is 13.1 Å². The molecule has 1 N–H and O–H groups in total. The molecule has 0 aliphatic carbocycles. The Balaban J connectivity index is 1.94. The minimum absolute atomic E-state index is 0.510. The summed E-state index contributed by atoms with van der Waals surface area (Å²) >= 11 is 0. The number of hydrogen-bond acceptors (Lipinski definition) is 4. The lowest BCUT2D eigenvalue weighted by atomic mass is 9.77. The minimum atomic E-state index is -1.53. The van der Waals surface area contributed by atoms with Gasteiger partial charge >= 0.3 is 0 Å². The fourth-order valence-electron chi connectivity index (χ4n) is 4.06. The van der Waals surface area contributed by atoms with Gasteiger partial charge in [-0.15, -0.1) is 0 Å². The summed E-state index contributed by atoms with van der Waals surface area (Å²) in [6, 6.07) is 10.3. The maximum Gasteiger partial charge on any atom is 0.159 e. The second-order valence-corrected chi connectivity index (χ2v) is 7.07. The molecule has 0 bridgehead atoms. The quantitative estimate of drug-likeness (QED) is 0.730. The van der Waals surface area contributed by atoms with Crippen molar-refractivity contribution in [2.45, 2.75) is 24.5 Å². The van der Waals surface area contributed by atoms with Crippen molar-refractivity contribution < 1.29 is 13.9 Å². The lowest BCUT2D eigenvalue weighted by Gasteiger charge is -2.42. The highest BCUT2D eigenvalue weighted by molar-refractivity contribution is 5.40. The molecule has 1 aromatic carbocycles. The van der Waals surface area contributed by atoms with Crippen molar-refractivity contribution >= 4 is 0 Å². The molecule has 144 valence electrons. The largest absolute Gasteiger partial charge is 0.378 e. The second-order valence-electron chi connectivity index (χ2n) is 7.07. The van der Waals surface area contributed by atoms with Crippen molar-refractivity contribution in [3.8, 4) is 0 Å². The molecule has 28 heavy (non-hydrogen) atoms. The maximum absolute atomic E-state index is 14.1. The molecule has 1 fully saturated rings. The van der Waals surface area contributed by atoms with E-state index in [-0.39, 0.29) is 0 Å². The Hall–Kier alpha value is -2.70. The van der Waals surface area contributed by atoms with Gasteiger partial charge in [-0.3, -0.25) is 14.9 Å². The van der Waals surface area contributed by atoms with Crippen LogP contribution in [0.15, 0.2) is 67.3 Å². The van der Waals surface area contributed by atoms with Crippen LogP contribution in [0.25, 0.3) is 0 Å². The monoisotopic (exact) mass is 381 g/mol. The van der Waals surface area contributed by atoms with Crippen LogP contribution in [0.4, 0.5) is 8.78 Å². The number of aromatic nitrogens is 2. The molecule has 3 aromatic rings. The van der Waals surface area contributed by atoms with Crippen LogP contribution in [-0.4, -0.2) is 33.1 Å². The molecule has 1 atom stereocenters. The number of hydrogen-bond donors (Lipinski definition) is 1. The van der Waals surface area contributed by atoms with E-state index in [2.05, 4.69) is 14.9 Å². The number of aliphatic hydroxyl groups is 1. The molecule has 1 saturated heterocycles. The first-order chi connectivity index (χ1) is 13.6. The van der Waals surface area contributed by atoms with E-state index in [0.29, 0.717) is 16.7 Å². The topological polar surface area (TPSA) is 49.3 Å². The van der Waals surface area contributed by atoms with Crippen LogP contribution < -0.4 is 0 Å². The van der Waals surface area contributed by atoms with Crippen molar-refractivity contribution in [3.05, 3.63) is 95.6 Å². The van der Waals surface area contributed by atoms with Crippen LogP contribution >= 0.6 is 0 Å². The highest BCUT2D eigenvalue weighted by Crippen LogP contribution is 2.45. The second kappa shape index (κ2) is 7.73. The van der Waals surface area contributed by atoms with Crippen LogP contribution in [0, 0.1) is 11.6 Å². The van der Waals surface area contributed by atoms with Crippen LogP contribution in [0.2, 0.25) is 0 Å². The Morgan fingerprint density at radius 2 is 1.50 bits per heavy atom. The van der Waals surface area contributed by atoms with E-state index in [4.69, 9.17) is 0 Å². The first-order valence-corrected chi connectivity index (χ1v) is 9.33. The van der Waals surface area contributed by atoms with Gasteiger partial charge in [-0.25, -0.2) is 8.78 Å². The van der Waals surface area contributed by atoms with Crippen LogP contribution in [0.5, 0.6) is 0 Å². The van der Waals surface area contributed by atoms with Gasteiger partial charge in [-0.2, -0.15) is 0 Å². The van der Waals surface area contributed by atoms with E-state index >= 15 is 0 Å². The molecule has 1 unspecified atom stereocenters. The van der Waals surface area contributed by atoms with Gasteiger partial charge in [0.05, 0.1) is 6.04 Å². The van der Waals surface area contributed by atoms with Gasteiger partial charge in [0.25, 0.3) is 0 Å². The molecule has 0 spiro atoms. The van der Waals surface area contributed by atoms with Crippen molar-refractivity contribution in [2.24, 2.45) is 0 Å². The van der Waals surface area contributed by atoms with E-state index < -0.39 is 23.3 Å². The Bertz CT molecular complexity index is 892. The third-order valence-corrected chi connectivity index (χ3v) is 5.36. The normalized spacial score (nSPS) is 16.2. The van der Waals surface area contributed by atoms with E-state index in [0.717, 1.165) is 32.0 Å². The van der Waals surface area contributed by atoms with Gasteiger partial charge in [0.15, 0.2) is 11.6 Å². The molecule has 1 aliphatic heterocycles. The van der Waals surface area contributed by atoms with Gasteiger partial charge in [0.1, 0.15) is 5.60 Å². The Morgan fingerprint density at radius 3 is 2.00 bits per heavy atom. The van der Waals surface area contributed by atoms with E-state index in [9.17, 15) is 13.9 Å². The standard InChI is InChI=1S/C22H21F2N3O/c23-19-8-7-16(13-20(19)24)21(27-11-1-2-12-27)22(28,17-5-3-9-25-14-17)18-6-4-10-26-15-18/h3-10,13-15,21,28H,1-2,11-12H2. The highest BCUT2D eigenvalue weighted by atomic mass is 19.2. The van der Waals surface area contributed by atoms with Crippen LogP contribution in [0.1, 0.15) is 35.6 Å². The third kappa shape index (κ3) is 3.30. The molecular formula is C22H21F2N3O. The maximum atomic E-state index is 14.1. The van der Waals surface area contributed by atoms with E-state index in [1.54, 1.807) is 55.1 Å². The summed E-state index contributed by atoms with van der Waals surface area (Å²) in [5, 5.41) is 12.1. The lowest BCUT2D eigenvalue weighted by molar-refractivity contribution is -0.0154. The number of benzene rings is 1. The summed E-state index contributed by atoms with van der Waals surface area (Å²) in [7, 11) is 0. The Labute approximate surface area is 162 Å². The van der Waals surface area contributed by atoms with Gasteiger partial charge in [-0.05, 0) is 55.8 Å². The lowest BCUT2D eigenvalue weighted by Crippen LogP contribution is -2.44. The van der Waals surface area contributed by atoms with E-state index in [1.807, 2.05) is 0 Å². The number of rotatable bonds is 5. The molecule has 0 radical (unpaired) electrons. The zero-order valence-corrected chi connectivity index (χ0v) is 15.3. The van der Waals surface area contributed by atoms with E-state index in [1.165, 1.54) is 6.07 Å². The molecule has 4 rings (SSSR count). The minimum Gasteiger partial charge on any atom is -0.378 e. The average molecular weight is 381 g/mol. The summed E-state index contributed by atoms with van der Waals surface area (Å²) in [5.74, 6) is -1.84.